The second-order valence-corrected chi connectivity index (χ2v) is 5.84. The number of rotatable bonds is 4. The van der Waals surface area contributed by atoms with Gasteiger partial charge in [-0.25, -0.2) is 0 Å². The van der Waals surface area contributed by atoms with Gasteiger partial charge in [0.2, 0.25) is 0 Å². The van der Waals surface area contributed by atoms with Crippen LogP contribution in [0.2, 0.25) is 0 Å². The fraction of sp³-hybridized carbons (Fsp3) is 1.00. The molecule has 1 N–H and O–H groups in total. The van der Waals surface area contributed by atoms with E-state index in [-0.39, 0.29) is 36.6 Å². The first-order valence-electron chi connectivity index (χ1n) is 6.81. The van der Waals surface area contributed by atoms with Crippen LogP contribution in [0.5, 0.6) is 0 Å². The van der Waals surface area contributed by atoms with Crippen molar-refractivity contribution in [1.82, 2.24) is 0 Å². The first-order valence-corrected chi connectivity index (χ1v) is 6.81. The number of aliphatic hydroxyl groups excluding tert-OH is 1. The molecule has 3 aliphatic rings. The van der Waals surface area contributed by atoms with E-state index in [1.807, 2.05) is 20.8 Å². The Bertz CT molecular complexity index is 319. The topological polar surface area (TPSA) is 60.5 Å². The predicted octanol–water partition coefficient (Wildman–Crippen LogP) is 1.04. The van der Waals surface area contributed by atoms with E-state index in [0.717, 1.165) is 6.42 Å². The van der Waals surface area contributed by atoms with E-state index in [9.17, 15) is 5.11 Å². The van der Waals surface area contributed by atoms with Crippen LogP contribution in [0.25, 0.3) is 0 Å². The van der Waals surface area contributed by atoms with Crippen LogP contribution in [0.3, 0.4) is 0 Å². The van der Waals surface area contributed by atoms with Crippen molar-refractivity contribution in [1.29, 1.82) is 0 Å². The first kappa shape index (κ1) is 12.8. The molecule has 5 nitrogen and oxygen atoms in total. The van der Waals surface area contributed by atoms with Gasteiger partial charge in [-0.15, -0.1) is 0 Å². The van der Waals surface area contributed by atoms with Crippen LogP contribution in [0.4, 0.5) is 0 Å². The molecular weight excluding hydrogens is 236 g/mol. The summed E-state index contributed by atoms with van der Waals surface area (Å²) in [4.78, 5) is 0. The van der Waals surface area contributed by atoms with Crippen LogP contribution in [-0.4, -0.2) is 48.2 Å². The fourth-order valence-corrected chi connectivity index (χ4v) is 3.20. The van der Waals surface area contributed by atoms with Crippen molar-refractivity contribution in [2.45, 2.75) is 70.1 Å². The van der Waals surface area contributed by atoms with Gasteiger partial charge in [0.15, 0.2) is 12.1 Å². The molecule has 2 unspecified atom stereocenters. The summed E-state index contributed by atoms with van der Waals surface area (Å²) in [6.07, 6.45) is 1.11. The maximum atomic E-state index is 10.1. The van der Waals surface area contributed by atoms with E-state index in [1.54, 1.807) is 0 Å². The third-order valence-corrected chi connectivity index (χ3v) is 3.98. The van der Waals surface area contributed by atoms with Crippen LogP contribution in [0.15, 0.2) is 0 Å². The minimum atomic E-state index is -0.530. The predicted molar refractivity (Wildman–Crippen MR) is 62.8 cm³/mol. The van der Waals surface area contributed by atoms with Gasteiger partial charge in [-0.2, -0.15) is 0 Å². The van der Waals surface area contributed by atoms with Crippen LogP contribution in [-0.2, 0) is 18.9 Å². The van der Waals surface area contributed by atoms with Gasteiger partial charge < -0.3 is 24.1 Å². The summed E-state index contributed by atoms with van der Waals surface area (Å²) < 4.78 is 22.5. The third-order valence-electron chi connectivity index (χ3n) is 3.98. The summed E-state index contributed by atoms with van der Waals surface area (Å²) in [6.45, 7) is 6.46. The lowest BCUT2D eigenvalue weighted by Crippen LogP contribution is -2.31. The van der Waals surface area contributed by atoms with Gasteiger partial charge in [0, 0.05) is 18.9 Å². The minimum Gasteiger partial charge on any atom is -0.393 e. The fourth-order valence-electron chi connectivity index (χ4n) is 3.20. The SMILES string of the molecule is CCOC1OC1C[C@@H]1[C@@H]2OC(C)(C)O[C@@H]2C[C@H]1O. The molecule has 0 amide bonds. The van der Waals surface area contributed by atoms with Gasteiger partial charge >= 0.3 is 0 Å². The van der Waals surface area contributed by atoms with Gasteiger partial charge in [0.05, 0.1) is 18.3 Å². The van der Waals surface area contributed by atoms with Crippen molar-refractivity contribution < 1.29 is 24.1 Å². The lowest BCUT2D eigenvalue weighted by molar-refractivity contribution is -0.164. The molecular formula is C13H22O5. The first-order chi connectivity index (χ1) is 8.50. The van der Waals surface area contributed by atoms with E-state index in [1.165, 1.54) is 0 Å². The molecule has 2 aliphatic heterocycles. The van der Waals surface area contributed by atoms with Gasteiger partial charge in [0.25, 0.3) is 0 Å². The van der Waals surface area contributed by atoms with Crippen molar-refractivity contribution in [2.24, 2.45) is 5.92 Å². The largest absolute Gasteiger partial charge is 0.393 e. The lowest BCUT2D eigenvalue weighted by atomic mass is 9.97. The van der Waals surface area contributed by atoms with Crippen molar-refractivity contribution in [3.05, 3.63) is 0 Å². The summed E-state index contributed by atoms with van der Waals surface area (Å²) in [5, 5.41) is 10.1. The maximum absolute atomic E-state index is 10.1. The molecule has 0 spiro atoms. The van der Waals surface area contributed by atoms with Crippen molar-refractivity contribution >= 4 is 0 Å². The summed E-state index contributed by atoms with van der Waals surface area (Å²) in [5.41, 5.74) is 0. The molecule has 0 radical (unpaired) electrons. The average molecular weight is 258 g/mol. The molecule has 3 fully saturated rings. The van der Waals surface area contributed by atoms with Crippen LogP contribution in [0, 0.1) is 5.92 Å². The Morgan fingerprint density at radius 1 is 1.33 bits per heavy atom. The van der Waals surface area contributed by atoms with Gasteiger partial charge in [0.1, 0.15) is 6.10 Å². The Hall–Kier alpha value is -0.200. The molecule has 1 saturated carbocycles. The van der Waals surface area contributed by atoms with Crippen LogP contribution in [0.1, 0.15) is 33.6 Å². The van der Waals surface area contributed by atoms with Gasteiger partial charge in [-0.3, -0.25) is 0 Å². The zero-order chi connectivity index (χ0) is 12.9. The molecule has 2 heterocycles. The number of epoxide rings is 1. The molecule has 1 aliphatic carbocycles. The van der Waals surface area contributed by atoms with Crippen LogP contribution >= 0.6 is 0 Å². The Morgan fingerprint density at radius 3 is 2.83 bits per heavy atom. The molecule has 5 heteroatoms. The quantitative estimate of drug-likeness (QED) is 0.763. The zero-order valence-electron chi connectivity index (χ0n) is 11.2. The monoisotopic (exact) mass is 258 g/mol. The second-order valence-electron chi connectivity index (χ2n) is 5.84. The summed E-state index contributed by atoms with van der Waals surface area (Å²) in [7, 11) is 0. The Balaban J connectivity index is 1.59. The molecule has 3 rings (SSSR count). The number of hydrogen-bond donors (Lipinski definition) is 1. The van der Waals surface area contributed by atoms with Crippen molar-refractivity contribution in [3.63, 3.8) is 0 Å². The van der Waals surface area contributed by atoms with E-state index in [4.69, 9.17) is 18.9 Å². The standard InChI is InChI=1S/C13H22O5/c1-4-15-12-10(16-12)5-7-8(14)6-9-11(7)18-13(2,3)17-9/h7-12,14H,4-6H2,1-3H3/t7-,8+,9+,10?,11-,12?/m0/s1. The minimum absolute atomic E-state index is 0.0125. The Morgan fingerprint density at radius 2 is 2.11 bits per heavy atom. The van der Waals surface area contributed by atoms with Gasteiger partial charge in [-0.05, 0) is 27.2 Å². The van der Waals surface area contributed by atoms with E-state index in [0.29, 0.717) is 13.0 Å². The smallest absolute Gasteiger partial charge is 0.184 e. The normalized spacial score (nSPS) is 49.3. The highest BCUT2D eigenvalue weighted by Gasteiger charge is 2.55. The highest BCUT2D eigenvalue weighted by atomic mass is 16.8. The van der Waals surface area contributed by atoms with E-state index in [2.05, 4.69) is 0 Å². The summed E-state index contributed by atoms with van der Waals surface area (Å²) in [5.74, 6) is -0.440. The van der Waals surface area contributed by atoms with Crippen molar-refractivity contribution in [2.75, 3.05) is 6.61 Å². The van der Waals surface area contributed by atoms with E-state index < -0.39 is 5.79 Å². The number of aliphatic hydroxyl groups is 1. The zero-order valence-corrected chi connectivity index (χ0v) is 11.2. The Labute approximate surface area is 107 Å². The highest BCUT2D eigenvalue weighted by molar-refractivity contribution is 5.00. The van der Waals surface area contributed by atoms with Crippen LogP contribution < -0.4 is 0 Å². The number of ether oxygens (including phenoxy) is 4. The molecule has 6 atom stereocenters. The molecule has 0 aromatic rings. The number of hydrogen-bond acceptors (Lipinski definition) is 5. The molecule has 0 aromatic heterocycles. The molecule has 18 heavy (non-hydrogen) atoms. The molecule has 0 bridgehead atoms. The maximum Gasteiger partial charge on any atom is 0.184 e. The average Bonchev–Trinajstić information content (AvgIpc) is 2.85. The van der Waals surface area contributed by atoms with Crippen molar-refractivity contribution in [3.8, 4) is 0 Å². The molecule has 104 valence electrons. The highest BCUT2D eigenvalue weighted by Crippen LogP contribution is 2.45. The Kier molecular flexibility index (Phi) is 3.15. The molecule has 0 aromatic carbocycles. The lowest BCUT2D eigenvalue weighted by Gasteiger charge is -2.23. The van der Waals surface area contributed by atoms with E-state index >= 15 is 0 Å². The molecule has 2 saturated heterocycles. The van der Waals surface area contributed by atoms with Gasteiger partial charge in [-0.1, -0.05) is 0 Å². The number of fused-ring (bicyclic) bond motifs is 1. The second kappa shape index (κ2) is 4.42. The summed E-state index contributed by atoms with van der Waals surface area (Å²) in [6, 6.07) is 0. The summed E-state index contributed by atoms with van der Waals surface area (Å²) >= 11 is 0. The third kappa shape index (κ3) is 2.30.